The van der Waals surface area contributed by atoms with Gasteiger partial charge in [0.1, 0.15) is 11.3 Å². The highest BCUT2D eigenvalue weighted by atomic mass is 16.6. The number of pyridine rings is 1. The Morgan fingerprint density at radius 2 is 2.42 bits per heavy atom. The van der Waals surface area contributed by atoms with E-state index in [0.717, 1.165) is 0 Å². The predicted octanol–water partition coefficient (Wildman–Crippen LogP) is 1.28. The number of aryl methyl sites for hydroxylation is 1. The van der Waals surface area contributed by atoms with Crippen LogP contribution in [-0.4, -0.2) is 9.91 Å². The molecule has 0 aliphatic heterocycles. The van der Waals surface area contributed by atoms with Gasteiger partial charge in [-0.2, -0.15) is 0 Å². The van der Waals surface area contributed by atoms with Crippen molar-refractivity contribution in [3.63, 3.8) is 0 Å². The molecule has 0 radical (unpaired) electrons. The first kappa shape index (κ1) is 8.21. The molecule has 0 spiro atoms. The van der Waals surface area contributed by atoms with Crippen molar-refractivity contribution in [3.8, 4) is 12.3 Å². The maximum atomic E-state index is 10.5. The molecule has 0 amide bonds. The smallest absolute Gasteiger partial charge is 0.258 e. The Balaban J connectivity index is 3.42. The Kier molecular flexibility index (Phi) is 2.06. The van der Waals surface area contributed by atoms with E-state index in [2.05, 4.69) is 10.9 Å². The molecule has 0 bridgehead atoms. The summed E-state index contributed by atoms with van der Waals surface area (Å²) < 4.78 is 0. The van der Waals surface area contributed by atoms with Crippen molar-refractivity contribution in [1.29, 1.82) is 0 Å². The summed E-state index contributed by atoms with van der Waals surface area (Å²) in [4.78, 5) is 13.7. The molecule has 1 aromatic rings. The van der Waals surface area contributed by atoms with Crippen LogP contribution in [0, 0.1) is 29.4 Å². The van der Waals surface area contributed by atoms with Crippen LogP contribution in [0.3, 0.4) is 0 Å². The standard InChI is InChI=1S/C8H6N2O2/c1-3-7-4-5-9-6(2)8(7)10(11)12/h1,4-5H,2H3. The Morgan fingerprint density at radius 1 is 1.75 bits per heavy atom. The molecule has 12 heavy (non-hydrogen) atoms. The van der Waals surface area contributed by atoms with E-state index < -0.39 is 4.92 Å². The number of terminal acetylenes is 1. The summed E-state index contributed by atoms with van der Waals surface area (Å²) in [5, 5.41) is 10.5. The van der Waals surface area contributed by atoms with Gasteiger partial charge in [0.15, 0.2) is 0 Å². The molecular formula is C8H6N2O2. The Bertz CT molecular complexity index is 366. The highest BCUT2D eigenvalue weighted by Crippen LogP contribution is 2.19. The summed E-state index contributed by atoms with van der Waals surface area (Å²) in [7, 11) is 0. The molecule has 0 unspecified atom stereocenters. The lowest BCUT2D eigenvalue weighted by Crippen LogP contribution is -1.97. The molecule has 0 aliphatic rings. The van der Waals surface area contributed by atoms with Crippen molar-refractivity contribution in [2.24, 2.45) is 0 Å². The topological polar surface area (TPSA) is 56.0 Å². The summed E-state index contributed by atoms with van der Waals surface area (Å²) in [6.45, 7) is 1.55. The second-order valence-electron chi connectivity index (χ2n) is 2.19. The second kappa shape index (κ2) is 3.01. The molecule has 0 aliphatic carbocycles. The van der Waals surface area contributed by atoms with Gasteiger partial charge in [0.25, 0.3) is 0 Å². The molecule has 0 atom stereocenters. The normalized spacial score (nSPS) is 9.00. The lowest BCUT2D eigenvalue weighted by Gasteiger charge is -1.96. The van der Waals surface area contributed by atoms with Crippen LogP contribution >= 0.6 is 0 Å². The first-order valence-electron chi connectivity index (χ1n) is 3.23. The van der Waals surface area contributed by atoms with Crippen molar-refractivity contribution in [3.05, 3.63) is 33.6 Å². The minimum absolute atomic E-state index is 0.0833. The molecule has 1 aromatic heterocycles. The molecule has 0 saturated carbocycles. The average molecular weight is 162 g/mol. The molecule has 0 N–H and O–H groups in total. The summed E-state index contributed by atoms with van der Waals surface area (Å²) in [6, 6.07) is 1.45. The zero-order valence-electron chi connectivity index (χ0n) is 6.44. The molecule has 1 heterocycles. The maximum Gasteiger partial charge on any atom is 0.305 e. The van der Waals surface area contributed by atoms with Crippen molar-refractivity contribution >= 4 is 5.69 Å². The van der Waals surface area contributed by atoms with Crippen LogP contribution in [0.25, 0.3) is 0 Å². The highest BCUT2D eigenvalue weighted by molar-refractivity contribution is 5.51. The molecule has 60 valence electrons. The summed E-state index contributed by atoms with van der Waals surface area (Å²) >= 11 is 0. The highest BCUT2D eigenvalue weighted by Gasteiger charge is 2.15. The second-order valence-corrected chi connectivity index (χ2v) is 2.19. The van der Waals surface area contributed by atoms with Crippen molar-refractivity contribution in [1.82, 2.24) is 4.98 Å². The first-order chi connectivity index (χ1) is 5.66. The Labute approximate surface area is 69.4 Å². The number of nitro groups is 1. The SMILES string of the molecule is C#Cc1ccnc(C)c1[N+](=O)[O-]. The third-order valence-electron chi connectivity index (χ3n) is 1.45. The van der Waals surface area contributed by atoms with Crippen LogP contribution in [0.1, 0.15) is 11.3 Å². The van der Waals surface area contributed by atoms with E-state index in [0.29, 0.717) is 5.69 Å². The van der Waals surface area contributed by atoms with Crippen LogP contribution in [0.2, 0.25) is 0 Å². The number of hydrogen-bond donors (Lipinski definition) is 0. The number of hydrogen-bond acceptors (Lipinski definition) is 3. The van der Waals surface area contributed by atoms with Crippen LogP contribution in [0.5, 0.6) is 0 Å². The van der Waals surface area contributed by atoms with Gasteiger partial charge >= 0.3 is 5.69 Å². The molecule has 4 heteroatoms. The fourth-order valence-electron chi connectivity index (χ4n) is 0.906. The number of rotatable bonds is 1. The van der Waals surface area contributed by atoms with Crippen molar-refractivity contribution < 1.29 is 4.92 Å². The minimum atomic E-state index is -0.516. The predicted molar refractivity (Wildman–Crippen MR) is 43.6 cm³/mol. The lowest BCUT2D eigenvalue weighted by molar-refractivity contribution is -0.386. The fourth-order valence-corrected chi connectivity index (χ4v) is 0.906. The van der Waals surface area contributed by atoms with E-state index in [4.69, 9.17) is 6.42 Å². The maximum absolute atomic E-state index is 10.5. The Morgan fingerprint density at radius 3 is 2.83 bits per heavy atom. The minimum Gasteiger partial charge on any atom is -0.258 e. The van der Waals surface area contributed by atoms with E-state index in [9.17, 15) is 10.1 Å². The van der Waals surface area contributed by atoms with E-state index in [1.54, 1.807) is 6.92 Å². The molecule has 0 aromatic carbocycles. The zero-order valence-corrected chi connectivity index (χ0v) is 6.44. The van der Waals surface area contributed by atoms with Crippen LogP contribution in [-0.2, 0) is 0 Å². The molecule has 4 nitrogen and oxygen atoms in total. The van der Waals surface area contributed by atoms with Gasteiger partial charge in [0.2, 0.25) is 0 Å². The van der Waals surface area contributed by atoms with Gasteiger partial charge in [-0.05, 0) is 13.0 Å². The van der Waals surface area contributed by atoms with Gasteiger partial charge in [0.05, 0.1) is 4.92 Å². The van der Waals surface area contributed by atoms with Gasteiger partial charge in [0, 0.05) is 6.20 Å². The number of nitrogens with zero attached hydrogens (tertiary/aromatic N) is 2. The monoisotopic (exact) mass is 162 g/mol. The number of aromatic nitrogens is 1. The van der Waals surface area contributed by atoms with E-state index in [1.807, 2.05) is 0 Å². The molecule has 0 fully saturated rings. The van der Waals surface area contributed by atoms with Gasteiger partial charge in [-0.25, -0.2) is 0 Å². The van der Waals surface area contributed by atoms with Gasteiger partial charge < -0.3 is 0 Å². The third-order valence-corrected chi connectivity index (χ3v) is 1.45. The van der Waals surface area contributed by atoms with E-state index >= 15 is 0 Å². The molecule has 1 rings (SSSR count). The average Bonchev–Trinajstić information content (AvgIpc) is 2.03. The molecule has 0 saturated heterocycles. The van der Waals surface area contributed by atoms with Gasteiger partial charge in [-0.15, -0.1) is 6.42 Å². The summed E-state index contributed by atoms with van der Waals surface area (Å²) in [5.74, 6) is 2.24. The largest absolute Gasteiger partial charge is 0.305 e. The van der Waals surface area contributed by atoms with E-state index in [1.165, 1.54) is 12.3 Å². The lowest BCUT2D eigenvalue weighted by atomic mass is 10.2. The van der Waals surface area contributed by atoms with Crippen molar-refractivity contribution in [2.45, 2.75) is 6.92 Å². The summed E-state index contributed by atoms with van der Waals surface area (Å²) in [5.41, 5.74) is 0.531. The van der Waals surface area contributed by atoms with Crippen molar-refractivity contribution in [2.75, 3.05) is 0 Å². The van der Waals surface area contributed by atoms with Gasteiger partial charge in [-0.1, -0.05) is 5.92 Å². The molecular weight excluding hydrogens is 156 g/mol. The Hall–Kier alpha value is -1.89. The van der Waals surface area contributed by atoms with Crippen LogP contribution in [0.4, 0.5) is 5.69 Å². The van der Waals surface area contributed by atoms with E-state index in [-0.39, 0.29) is 11.3 Å². The first-order valence-corrected chi connectivity index (χ1v) is 3.23. The quantitative estimate of drug-likeness (QED) is 0.355. The van der Waals surface area contributed by atoms with Gasteiger partial charge in [-0.3, -0.25) is 15.1 Å². The summed E-state index contributed by atoms with van der Waals surface area (Å²) in [6.07, 6.45) is 6.53. The van der Waals surface area contributed by atoms with Crippen LogP contribution < -0.4 is 0 Å². The van der Waals surface area contributed by atoms with Crippen LogP contribution in [0.15, 0.2) is 12.3 Å². The third kappa shape index (κ3) is 1.25. The zero-order chi connectivity index (χ0) is 9.14. The fraction of sp³-hybridized carbons (Fsp3) is 0.125.